The van der Waals surface area contributed by atoms with E-state index in [2.05, 4.69) is 39.9 Å². The molecule has 22 heavy (non-hydrogen) atoms. The second-order valence-corrected chi connectivity index (χ2v) is 6.23. The van der Waals surface area contributed by atoms with Crippen molar-refractivity contribution < 1.29 is 5.11 Å². The van der Waals surface area contributed by atoms with Crippen LogP contribution in [0.5, 0.6) is 0 Å². The van der Waals surface area contributed by atoms with Gasteiger partial charge in [-0.3, -0.25) is 0 Å². The Morgan fingerprint density at radius 1 is 1.27 bits per heavy atom. The molecule has 1 aliphatic rings. The fourth-order valence-electron chi connectivity index (χ4n) is 2.94. The average molecular weight is 318 g/mol. The molecule has 1 aromatic heterocycles. The number of aliphatic hydroxyl groups excluding tert-OH is 1. The number of aromatic nitrogens is 1. The predicted octanol–water partition coefficient (Wildman–Crippen LogP) is 2.61. The highest BCUT2D eigenvalue weighted by Gasteiger charge is 2.34. The van der Waals surface area contributed by atoms with E-state index in [1.807, 2.05) is 6.07 Å². The van der Waals surface area contributed by atoms with Crippen LogP contribution in [0.1, 0.15) is 17.5 Å². The number of pyridine rings is 1. The Morgan fingerprint density at radius 2 is 2.09 bits per heavy atom. The number of hydrogen-bond donors (Lipinski definition) is 3. The molecule has 0 radical (unpaired) electrons. The van der Waals surface area contributed by atoms with E-state index in [9.17, 15) is 0 Å². The molecule has 3 rings (SSSR count). The van der Waals surface area contributed by atoms with Crippen LogP contribution in [0.15, 0.2) is 42.6 Å². The third-order valence-corrected chi connectivity index (χ3v) is 4.38. The summed E-state index contributed by atoms with van der Waals surface area (Å²) in [6, 6.07) is 12.2. The molecule has 0 spiro atoms. The third-order valence-electron chi connectivity index (χ3n) is 4.09. The van der Waals surface area contributed by atoms with Gasteiger partial charge < -0.3 is 15.7 Å². The molecule has 5 heteroatoms. The van der Waals surface area contributed by atoms with Crippen molar-refractivity contribution in [3.63, 3.8) is 0 Å². The molecule has 1 atom stereocenters. The van der Waals surface area contributed by atoms with Crippen LogP contribution in [0.2, 0.25) is 5.02 Å². The SMILES string of the molecule is OCc1cnc(N[C@]2(Cc3ccccc3)CCNC2)c(Cl)c1. The number of halogens is 1. The molecule has 0 amide bonds. The Labute approximate surface area is 135 Å². The number of hydrogen-bond acceptors (Lipinski definition) is 4. The van der Waals surface area contributed by atoms with Gasteiger partial charge in [-0.2, -0.15) is 0 Å². The highest BCUT2D eigenvalue weighted by atomic mass is 35.5. The van der Waals surface area contributed by atoms with Crippen LogP contribution in [-0.4, -0.2) is 28.7 Å². The molecule has 116 valence electrons. The second kappa shape index (κ2) is 6.65. The van der Waals surface area contributed by atoms with Crippen molar-refractivity contribution in [3.8, 4) is 0 Å². The minimum absolute atomic E-state index is 0.0519. The largest absolute Gasteiger partial charge is 0.392 e. The van der Waals surface area contributed by atoms with Crippen molar-refractivity contribution in [2.24, 2.45) is 0 Å². The Kier molecular flexibility index (Phi) is 4.62. The molecule has 0 saturated carbocycles. The van der Waals surface area contributed by atoms with Crippen molar-refractivity contribution in [2.75, 3.05) is 18.4 Å². The highest BCUT2D eigenvalue weighted by molar-refractivity contribution is 6.33. The lowest BCUT2D eigenvalue weighted by atomic mass is 9.90. The van der Waals surface area contributed by atoms with Crippen LogP contribution in [0.25, 0.3) is 0 Å². The van der Waals surface area contributed by atoms with Gasteiger partial charge in [0.2, 0.25) is 0 Å². The summed E-state index contributed by atoms with van der Waals surface area (Å²) in [6.07, 6.45) is 3.59. The van der Waals surface area contributed by atoms with Gasteiger partial charge in [0.15, 0.2) is 0 Å². The zero-order valence-electron chi connectivity index (χ0n) is 12.3. The summed E-state index contributed by atoms with van der Waals surface area (Å²) >= 11 is 6.30. The molecule has 0 aliphatic carbocycles. The van der Waals surface area contributed by atoms with Gasteiger partial charge in [-0.05, 0) is 36.6 Å². The summed E-state index contributed by atoms with van der Waals surface area (Å²) in [5.74, 6) is 0.679. The standard InChI is InChI=1S/C17H20ClN3O/c18-15-8-14(11-22)10-20-16(15)21-17(6-7-19-12-17)9-13-4-2-1-3-5-13/h1-5,8,10,19,22H,6-7,9,11-12H2,(H,20,21)/t17-/m0/s1. The van der Waals surface area contributed by atoms with E-state index < -0.39 is 0 Å². The van der Waals surface area contributed by atoms with Crippen LogP contribution in [0.3, 0.4) is 0 Å². The van der Waals surface area contributed by atoms with Gasteiger partial charge in [0.05, 0.1) is 17.2 Å². The summed E-state index contributed by atoms with van der Waals surface area (Å²) in [5, 5.41) is 16.7. The number of nitrogens with zero attached hydrogens (tertiary/aromatic N) is 1. The smallest absolute Gasteiger partial charge is 0.145 e. The van der Waals surface area contributed by atoms with Crippen LogP contribution < -0.4 is 10.6 Å². The van der Waals surface area contributed by atoms with E-state index in [1.165, 1.54) is 5.56 Å². The number of nitrogens with one attached hydrogen (secondary N) is 2. The fraction of sp³-hybridized carbons (Fsp3) is 0.353. The highest BCUT2D eigenvalue weighted by Crippen LogP contribution is 2.29. The topological polar surface area (TPSA) is 57.2 Å². The van der Waals surface area contributed by atoms with E-state index in [4.69, 9.17) is 16.7 Å². The quantitative estimate of drug-likeness (QED) is 0.793. The summed E-state index contributed by atoms with van der Waals surface area (Å²) in [5.41, 5.74) is 1.93. The predicted molar refractivity (Wildman–Crippen MR) is 89.2 cm³/mol. The third kappa shape index (κ3) is 3.40. The summed E-state index contributed by atoms with van der Waals surface area (Å²) < 4.78 is 0. The number of benzene rings is 1. The van der Waals surface area contributed by atoms with Crippen LogP contribution in [-0.2, 0) is 13.0 Å². The van der Waals surface area contributed by atoms with E-state index in [-0.39, 0.29) is 12.1 Å². The second-order valence-electron chi connectivity index (χ2n) is 5.83. The first-order chi connectivity index (χ1) is 10.7. The van der Waals surface area contributed by atoms with Crippen molar-refractivity contribution in [2.45, 2.75) is 25.0 Å². The lowest BCUT2D eigenvalue weighted by molar-refractivity contribution is 0.281. The van der Waals surface area contributed by atoms with Crippen molar-refractivity contribution in [1.29, 1.82) is 0 Å². The van der Waals surface area contributed by atoms with Crippen LogP contribution in [0.4, 0.5) is 5.82 Å². The van der Waals surface area contributed by atoms with Gasteiger partial charge in [-0.25, -0.2) is 4.98 Å². The van der Waals surface area contributed by atoms with Crippen LogP contribution in [0, 0.1) is 0 Å². The van der Waals surface area contributed by atoms with Crippen molar-refractivity contribution in [1.82, 2.24) is 10.3 Å². The summed E-state index contributed by atoms with van der Waals surface area (Å²) in [4.78, 5) is 4.37. The van der Waals surface area contributed by atoms with Crippen molar-refractivity contribution >= 4 is 17.4 Å². The van der Waals surface area contributed by atoms with E-state index in [1.54, 1.807) is 12.3 Å². The summed E-state index contributed by atoms with van der Waals surface area (Å²) in [7, 11) is 0. The molecule has 1 aliphatic heterocycles. The zero-order chi connectivity index (χ0) is 15.4. The zero-order valence-corrected chi connectivity index (χ0v) is 13.1. The van der Waals surface area contributed by atoms with Gasteiger partial charge in [-0.1, -0.05) is 41.9 Å². The molecule has 2 heterocycles. The van der Waals surface area contributed by atoms with Gasteiger partial charge >= 0.3 is 0 Å². The summed E-state index contributed by atoms with van der Waals surface area (Å²) in [6.45, 7) is 1.80. The van der Waals surface area contributed by atoms with Gasteiger partial charge in [0, 0.05) is 12.7 Å². The van der Waals surface area contributed by atoms with Gasteiger partial charge in [0.1, 0.15) is 5.82 Å². The lowest BCUT2D eigenvalue weighted by Crippen LogP contribution is -2.43. The van der Waals surface area contributed by atoms with E-state index in [0.29, 0.717) is 10.8 Å². The number of aliphatic hydroxyl groups is 1. The fourth-order valence-corrected chi connectivity index (χ4v) is 3.18. The first-order valence-electron chi connectivity index (χ1n) is 7.49. The monoisotopic (exact) mass is 317 g/mol. The minimum Gasteiger partial charge on any atom is -0.392 e. The molecular weight excluding hydrogens is 298 g/mol. The minimum atomic E-state index is -0.0846. The molecule has 1 fully saturated rings. The van der Waals surface area contributed by atoms with Crippen LogP contribution >= 0.6 is 11.6 Å². The first kappa shape index (κ1) is 15.3. The Balaban J connectivity index is 1.82. The maximum absolute atomic E-state index is 9.15. The lowest BCUT2D eigenvalue weighted by Gasteiger charge is -2.31. The Bertz CT molecular complexity index is 627. The molecule has 3 N–H and O–H groups in total. The van der Waals surface area contributed by atoms with Gasteiger partial charge in [0.25, 0.3) is 0 Å². The maximum Gasteiger partial charge on any atom is 0.145 e. The van der Waals surface area contributed by atoms with E-state index in [0.717, 1.165) is 31.5 Å². The molecule has 0 unspecified atom stereocenters. The normalized spacial score (nSPS) is 21.0. The molecule has 4 nitrogen and oxygen atoms in total. The molecule has 2 aromatic rings. The Morgan fingerprint density at radius 3 is 2.73 bits per heavy atom. The average Bonchev–Trinajstić information content (AvgIpc) is 2.98. The molecule has 1 aromatic carbocycles. The first-order valence-corrected chi connectivity index (χ1v) is 7.87. The van der Waals surface area contributed by atoms with E-state index >= 15 is 0 Å². The number of rotatable bonds is 5. The molecular formula is C17H20ClN3O. The van der Waals surface area contributed by atoms with Gasteiger partial charge in [-0.15, -0.1) is 0 Å². The molecule has 1 saturated heterocycles. The number of anilines is 1. The maximum atomic E-state index is 9.15. The molecule has 0 bridgehead atoms. The Hall–Kier alpha value is -1.62. The van der Waals surface area contributed by atoms with Crippen molar-refractivity contribution in [3.05, 3.63) is 58.7 Å².